The van der Waals surface area contributed by atoms with Gasteiger partial charge in [-0.05, 0) is 48.5 Å². The predicted molar refractivity (Wildman–Crippen MR) is 103 cm³/mol. The van der Waals surface area contributed by atoms with E-state index in [1.165, 1.54) is 6.20 Å². The number of nitrogens with one attached hydrogen (secondary N) is 2. The van der Waals surface area contributed by atoms with E-state index in [-0.39, 0.29) is 5.91 Å². The molecule has 0 aliphatic rings. The van der Waals surface area contributed by atoms with Gasteiger partial charge >= 0.3 is 0 Å². The first-order valence-corrected chi connectivity index (χ1v) is 8.30. The minimum Gasteiger partial charge on any atom is -0.340 e. The van der Waals surface area contributed by atoms with E-state index in [1.54, 1.807) is 54.6 Å². The smallest absolute Gasteiger partial charge is 0.257 e. The van der Waals surface area contributed by atoms with E-state index in [0.29, 0.717) is 32.7 Å². The molecule has 3 aromatic rings. The summed E-state index contributed by atoms with van der Waals surface area (Å²) in [6.07, 6.45) is 1.46. The lowest BCUT2D eigenvalue weighted by atomic mass is 10.2. The van der Waals surface area contributed by atoms with E-state index in [9.17, 15) is 4.79 Å². The molecule has 0 unspecified atom stereocenters. The van der Waals surface area contributed by atoms with Crippen LogP contribution < -0.4 is 10.6 Å². The number of nitrogens with zero attached hydrogens (tertiary/aromatic N) is 2. The average Bonchev–Trinajstić information content (AvgIpc) is 2.65. The molecular weight excluding hydrogens is 371 g/mol. The Hall–Kier alpha value is -3.07. The van der Waals surface area contributed by atoms with Gasteiger partial charge in [0.1, 0.15) is 5.82 Å². The van der Waals surface area contributed by atoms with Crippen LogP contribution >= 0.6 is 23.2 Å². The second-order valence-corrected chi connectivity index (χ2v) is 6.15. The number of amides is 1. The monoisotopic (exact) mass is 382 g/mol. The van der Waals surface area contributed by atoms with Crippen LogP contribution in [0.1, 0.15) is 15.9 Å². The van der Waals surface area contributed by atoms with Crippen LogP contribution in [0.2, 0.25) is 10.0 Å². The van der Waals surface area contributed by atoms with Crippen LogP contribution in [0.3, 0.4) is 0 Å². The van der Waals surface area contributed by atoms with Gasteiger partial charge < -0.3 is 10.6 Å². The number of rotatable bonds is 4. The zero-order chi connectivity index (χ0) is 18.5. The van der Waals surface area contributed by atoms with Gasteiger partial charge in [-0.15, -0.1) is 0 Å². The largest absolute Gasteiger partial charge is 0.340 e. The van der Waals surface area contributed by atoms with Crippen molar-refractivity contribution in [3.63, 3.8) is 0 Å². The molecule has 0 fully saturated rings. The van der Waals surface area contributed by atoms with E-state index in [2.05, 4.69) is 15.6 Å². The number of hydrogen-bond acceptors (Lipinski definition) is 4. The van der Waals surface area contributed by atoms with Crippen molar-refractivity contribution < 1.29 is 4.79 Å². The van der Waals surface area contributed by atoms with E-state index in [4.69, 9.17) is 28.5 Å². The molecule has 0 saturated carbocycles. The summed E-state index contributed by atoms with van der Waals surface area (Å²) in [7, 11) is 0. The van der Waals surface area contributed by atoms with E-state index in [1.807, 2.05) is 6.07 Å². The highest BCUT2D eigenvalue weighted by molar-refractivity contribution is 6.42. The van der Waals surface area contributed by atoms with Gasteiger partial charge in [0.05, 0.1) is 27.2 Å². The number of pyridine rings is 1. The summed E-state index contributed by atoms with van der Waals surface area (Å²) < 4.78 is 0. The molecule has 1 amide bonds. The molecule has 128 valence electrons. The van der Waals surface area contributed by atoms with Crippen molar-refractivity contribution in [1.82, 2.24) is 4.98 Å². The summed E-state index contributed by atoms with van der Waals surface area (Å²) in [5.74, 6) is 0.250. The quantitative estimate of drug-likeness (QED) is 0.645. The lowest BCUT2D eigenvalue weighted by Crippen LogP contribution is -2.12. The van der Waals surface area contributed by atoms with Crippen molar-refractivity contribution >= 4 is 46.3 Å². The Labute approximate surface area is 160 Å². The van der Waals surface area contributed by atoms with E-state index in [0.717, 1.165) is 5.69 Å². The molecule has 0 bridgehead atoms. The van der Waals surface area contributed by atoms with Gasteiger partial charge in [-0.2, -0.15) is 5.26 Å². The Bertz CT molecular complexity index is 997. The van der Waals surface area contributed by atoms with Gasteiger partial charge in [-0.25, -0.2) is 4.98 Å². The lowest BCUT2D eigenvalue weighted by molar-refractivity contribution is 0.102. The lowest BCUT2D eigenvalue weighted by Gasteiger charge is -2.08. The van der Waals surface area contributed by atoms with E-state index < -0.39 is 0 Å². The summed E-state index contributed by atoms with van der Waals surface area (Å²) >= 11 is 11.9. The Morgan fingerprint density at radius 2 is 1.85 bits per heavy atom. The first-order chi connectivity index (χ1) is 12.5. The highest BCUT2D eigenvalue weighted by atomic mass is 35.5. The fourth-order valence-electron chi connectivity index (χ4n) is 2.19. The third kappa shape index (κ3) is 4.31. The number of carbonyl (C=O) groups excluding carboxylic acids is 1. The molecule has 1 heterocycles. The van der Waals surface area contributed by atoms with Crippen LogP contribution in [0.15, 0.2) is 60.8 Å². The minimum absolute atomic E-state index is 0.311. The van der Waals surface area contributed by atoms with Gasteiger partial charge in [-0.3, -0.25) is 4.79 Å². The highest BCUT2D eigenvalue weighted by Crippen LogP contribution is 2.26. The molecule has 3 rings (SSSR count). The van der Waals surface area contributed by atoms with Gasteiger partial charge in [-0.1, -0.05) is 29.3 Å². The van der Waals surface area contributed by atoms with Gasteiger partial charge in [0, 0.05) is 17.6 Å². The third-order valence-corrected chi connectivity index (χ3v) is 4.21. The number of carbonyl (C=O) groups is 1. The van der Waals surface area contributed by atoms with Crippen LogP contribution in [-0.2, 0) is 0 Å². The molecule has 7 heteroatoms. The van der Waals surface area contributed by atoms with Crippen LogP contribution in [0, 0.1) is 11.3 Å². The number of hydrogen-bond donors (Lipinski definition) is 2. The van der Waals surface area contributed by atoms with Crippen LogP contribution in [0.25, 0.3) is 0 Å². The average molecular weight is 383 g/mol. The first kappa shape index (κ1) is 17.7. The predicted octanol–water partition coefficient (Wildman–Crippen LogP) is 5.26. The standard InChI is InChI=1S/C19H12Cl2N4O/c20-16-6-5-15(9-17(16)21)24-18-7-4-13(11-23-18)19(26)25-14-3-1-2-12(8-14)10-22/h1-9,11H,(H,23,24)(H,25,26). The second-order valence-electron chi connectivity index (χ2n) is 5.33. The number of aromatic nitrogens is 1. The van der Waals surface area contributed by atoms with Crippen LogP contribution in [0.5, 0.6) is 0 Å². The molecule has 26 heavy (non-hydrogen) atoms. The van der Waals surface area contributed by atoms with Crippen molar-refractivity contribution in [2.75, 3.05) is 10.6 Å². The molecule has 0 spiro atoms. The molecule has 0 saturated heterocycles. The maximum Gasteiger partial charge on any atom is 0.257 e. The summed E-state index contributed by atoms with van der Waals surface area (Å²) in [6, 6.07) is 17.2. The Morgan fingerprint density at radius 1 is 1.00 bits per heavy atom. The van der Waals surface area contributed by atoms with E-state index >= 15 is 0 Å². The third-order valence-electron chi connectivity index (χ3n) is 3.47. The molecule has 2 N–H and O–H groups in total. The van der Waals surface area contributed by atoms with Crippen molar-refractivity contribution in [2.45, 2.75) is 0 Å². The first-order valence-electron chi connectivity index (χ1n) is 7.55. The summed E-state index contributed by atoms with van der Waals surface area (Å²) in [5.41, 5.74) is 2.15. The van der Waals surface area contributed by atoms with Crippen molar-refractivity contribution in [1.29, 1.82) is 5.26 Å². The summed E-state index contributed by atoms with van der Waals surface area (Å²) in [5, 5.41) is 15.6. The SMILES string of the molecule is N#Cc1cccc(NC(=O)c2ccc(Nc3ccc(Cl)c(Cl)c3)nc2)c1. The molecule has 0 radical (unpaired) electrons. The van der Waals surface area contributed by atoms with Crippen LogP contribution in [0.4, 0.5) is 17.2 Å². The number of benzene rings is 2. The molecule has 5 nitrogen and oxygen atoms in total. The topological polar surface area (TPSA) is 77.8 Å². The van der Waals surface area contributed by atoms with Crippen LogP contribution in [-0.4, -0.2) is 10.9 Å². The fraction of sp³-hybridized carbons (Fsp3) is 0. The zero-order valence-electron chi connectivity index (χ0n) is 13.3. The molecular formula is C19H12Cl2N4O. The van der Waals surface area contributed by atoms with Gasteiger partial charge in [0.15, 0.2) is 0 Å². The van der Waals surface area contributed by atoms with Gasteiger partial charge in [0.25, 0.3) is 5.91 Å². The van der Waals surface area contributed by atoms with Crippen molar-refractivity contribution in [2.24, 2.45) is 0 Å². The number of nitriles is 1. The number of anilines is 3. The molecule has 0 atom stereocenters. The normalized spacial score (nSPS) is 10.0. The second kappa shape index (κ2) is 7.87. The van der Waals surface area contributed by atoms with Crippen molar-refractivity contribution in [3.05, 3.63) is 82.0 Å². The van der Waals surface area contributed by atoms with Gasteiger partial charge in [0.2, 0.25) is 0 Å². The Balaban J connectivity index is 1.69. The minimum atomic E-state index is -0.311. The summed E-state index contributed by atoms with van der Waals surface area (Å²) in [6.45, 7) is 0. The maximum atomic E-state index is 12.3. The Kier molecular flexibility index (Phi) is 5.37. The summed E-state index contributed by atoms with van der Waals surface area (Å²) in [4.78, 5) is 16.5. The Morgan fingerprint density at radius 3 is 2.54 bits per heavy atom. The maximum absolute atomic E-state index is 12.3. The fourth-order valence-corrected chi connectivity index (χ4v) is 2.49. The molecule has 1 aromatic heterocycles. The molecule has 0 aliphatic heterocycles. The number of halogens is 2. The van der Waals surface area contributed by atoms with Crippen molar-refractivity contribution in [3.8, 4) is 6.07 Å². The highest BCUT2D eigenvalue weighted by Gasteiger charge is 2.08. The molecule has 2 aromatic carbocycles. The molecule has 0 aliphatic carbocycles. The zero-order valence-corrected chi connectivity index (χ0v) is 14.8.